The molecule has 3 N–H and O–H groups in total. The summed E-state index contributed by atoms with van der Waals surface area (Å²) in [6, 6.07) is -0.406. The molecule has 1 atom stereocenters. The van der Waals surface area contributed by atoms with E-state index in [2.05, 4.69) is 6.92 Å². The summed E-state index contributed by atoms with van der Waals surface area (Å²) in [5.74, 6) is -0.0810. The summed E-state index contributed by atoms with van der Waals surface area (Å²) in [5.41, 5.74) is 5.66. The van der Waals surface area contributed by atoms with Crippen molar-refractivity contribution in [3.05, 3.63) is 0 Å². The van der Waals surface area contributed by atoms with Gasteiger partial charge in [0.1, 0.15) is 0 Å². The Kier molecular flexibility index (Phi) is 6.54. The zero-order chi connectivity index (χ0) is 10.3. The van der Waals surface area contributed by atoms with E-state index in [9.17, 15) is 4.79 Å². The van der Waals surface area contributed by atoms with E-state index in [-0.39, 0.29) is 12.5 Å². The van der Waals surface area contributed by atoms with Crippen LogP contribution in [0.1, 0.15) is 26.2 Å². The highest BCUT2D eigenvalue weighted by atomic mass is 16.3. The summed E-state index contributed by atoms with van der Waals surface area (Å²) in [5, 5.41) is 8.61. The van der Waals surface area contributed by atoms with E-state index in [1.54, 1.807) is 7.05 Å². The highest BCUT2D eigenvalue weighted by Crippen LogP contribution is 2.00. The van der Waals surface area contributed by atoms with Crippen LogP contribution in [0.5, 0.6) is 0 Å². The minimum atomic E-state index is -0.406. The molecule has 0 heterocycles. The zero-order valence-corrected chi connectivity index (χ0v) is 8.49. The molecule has 1 unspecified atom stereocenters. The lowest BCUT2D eigenvalue weighted by atomic mass is 10.1. The maximum atomic E-state index is 11.4. The molecule has 0 saturated carbocycles. The maximum Gasteiger partial charge on any atom is 0.239 e. The van der Waals surface area contributed by atoms with E-state index < -0.39 is 6.04 Å². The summed E-state index contributed by atoms with van der Waals surface area (Å²) in [7, 11) is 1.66. The van der Waals surface area contributed by atoms with E-state index >= 15 is 0 Å². The van der Waals surface area contributed by atoms with Crippen LogP contribution in [0, 0.1) is 0 Å². The van der Waals surface area contributed by atoms with Crippen molar-refractivity contribution in [2.24, 2.45) is 5.73 Å². The molecule has 0 aromatic heterocycles. The predicted octanol–water partition coefficient (Wildman–Crippen LogP) is -0.0454. The second-order valence-electron chi connectivity index (χ2n) is 3.23. The van der Waals surface area contributed by atoms with E-state index in [1.807, 2.05) is 0 Å². The summed E-state index contributed by atoms with van der Waals surface area (Å²) in [6.45, 7) is 2.41. The first-order valence-corrected chi connectivity index (χ1v) is 4.74. The van der Waals surface area contributed by atoms with Crippen molar-refractivity contribution in [1.82, 2.24) is 4.90 Å². The van der Waals surface area contributed by atoms with Gasteiger partial charge in [0.15, 0.2) is 0 Å². The van der Waals surface area contributed by atoms with Gasteiger partial charge in [-0.05, 0) is 6.42 Å². The molecule has 0 fully saturated rings. The molecule has 0 spiro atoms. The lowest BCUT2D eigenvalue weighted by molar-refractivity contribution is -0.131. The molecule has 0 bridgehead atoms. The third-order valence-electron chi connectivity index (χ3n) is 2.00. The molecule has 0 rings (SSSR count). The van der Waals surface area contributed by atoms with E-state index in [0.717, 1.165) is 19.3 Å². The molecule has 1 amide bonds. The molecule has 4 heteroatoms. The van der Waals surface area contributed by atoms with E-state index in [0.29, 0.717) is 6.54 Å². The zero-order valence-electron chi connectivity index (χ0n) is 8.49. The fourth-order valence-corrected chi connectivity index (χ4v) is 1.09. The van der Waals surface area contributed by atoms with Crippen molar-refractivity contribution in [3.8, 4) is 0 Å². The van der Waals surface area contributed by atoms with Gasteiger partial charge in [-0.1, -0.05) is 19.8 Å². The van der Waals surface area contributed by atoms with Crippen LogP contribution >= 0.6 is 0 Å². The molecule has 0 aliphatic carbocycles. The summed E-state index contributed by atoms with van der Waals surface area (Å²) in [6.07, 6.45) is 2.75. The Labute approximate surface area is 79.7 Å². The van der Waals surface area contributed by atoms with Gasteiger partial charge in [0.05, 0.1) is 12.6 Å². The van der Waals surface area contributed by atoms with Crippen molar-refractivity contribution in [1.29, 1.82) is 0 Å². The van der Waals surface area contributed by atoms with Gasteiger partial charge in [0.25, 0.3) is 0 Å². The van der Waals surface area contributed by atoms with Crippen molar-refractivity contribution in [2.75, 3.05) is 20.2 Å². The normalized spacial score (nSPS) is 12.6. The molecule has 0 aromatic carbocycles. The van der Waals surface area contributed by atoms with Gasteiger partial charge in [-0.15, -0.1) is 0 Å². The van der Waals surface area contributed by atoms with Crippen molar-refractivity contribution in [3.63, 3.8) is 0 Å². The maximum absolute atomic E-state index is 11.4. The molecule has 0 saturated heterocycles. The van der Waals surface area contributed by atoms with E-state index in [1.165, 1.54) is 4.90 Å². The van der Waals surface area contributed by atoms with Gasteiger partial charge in [0, 0.05) is 13.6 Å². The van der Waals surface area contributed by atoms with Gasteiger partial charge >= 0.3 is 0 Å². The number of likely N-dealkylation sites (N-methyl/N-ethyl adjacent to an activating group) is 1. The monoisotopic (exact) mass is 188 g/mol. The van der Waals surface area contributed by atoms with E-state index in [4.69, 9.17) is 10.8 Å². The summed E-state index contributed by atoms with van der Waals surface area (Å²) < 4.78 is 0. The standard InChI is InChI=1S/C9H20N2O2/c1-3-4-5-8(10)9(13)11(2)6-7-12/h8,12H,3-7,10H2,1-2H3. The first-order valence-electron chi connectivity index (χ1n) is 4.74. The lowest BCUT2D eigenvalue weighted by Crippen LogP contribution is -2.42. The van der Waals surface area contributed by atoms with Gasteiger partial charge in [-0.2, -0.15) is 0 Å². The number of hydrogen-bond acceptors (Lipinski definition) is 3. The summed E-state index contributed by atoms with van der Waals surface area (Å²) >= 11 is 0. The van der Waals surface area contributed by atoms with Crippen molar-refractivity contribution >= 4 is 5.91 Å². The molecular weight excluding hydrogens is 168 g/mol. The third-order valence-corrected chi connectivity index (χ3v) is 2.00. The third kappa shape index (κ3) is 4.85. The summed E-state index contributed by atoms with van der Waals surface area (Å²) in [4.78, 5) is 12.9. The number of unbranched alkanes of at least 4 members (excludes halogenated alkanes) is 1. The van der Waals surface area contributed by atoms with Crippen LogP contribution < -0.4 is 5.73 Å². The average molecular weight is 188 g/mol. The number of carbonyl (C=O) groups is 1. The first kappa shape index (κ1) is 12.4. The van der Waals surface area contributed by atoms with Gasteiger partial charge in [-0.3, -0.25) is 4.79 Å². The van der Waals surface area contributed by atoms with Gasteiger partial charge in [0.2, 0.25) is 5.91 Å². The smallest absolute Gasteiger partial charge is 0.239 e. The average Bonchev–Trinajstić information content (AvgIpc) is 2.13. The lowest BCUT2D eigenvalue weighted by Gasteiger charge is -2.19. The van der Waals surface area contributed by atoms with Crippen LogP contribution in [0.3, 0.4) is 0 Å². The molecule has 0 radical (unpaired) electrons. The Morgan fingerprint density at radius 1 is 1.62 bits per heavy atom. The number of rotatable bonds is 6. The number of aliphatic hydroxyl groups excluding tert-OH is 1. The van der Waals surface area contributed by atoms with Crippen LogP contribution in [-0.2, 0) is 4.79 Å². The van der Waals surface area contributed by atoms with Crippen molar-refractivity contribution in [2.45, 2.75) is 32.2 Å². The Balaban J connectivity index is 3.79. The molecular formula is C9H20N2O2. The Morgan fingerprint density at radius 2 is 2.23 bits per heavy atom. The fourth-order valence-electron chi connectivity index (χ4n) is 1.09. The Bertz CT molecular complexity index is 151. The van der Waals surface area contributed by atoms with Crippen LogP contribution in [-0.4, -0.2) is 42.2 Å². The Hall–Kier alpha value is -0.610. The second-order valence-corrected chi connectivity index (χ2v) is 3.23. The van der Waals surface area contributed by atoms with Crippen LogP contribution in [0.2, 0.25) is 0 Å². The first-order chi connectivity index (χ1) is 6.13. The molecule has 0 aliphatic heterocycles. The fraction of sp³-hybridized carbons (Fsp3) is 0.889. The van der Waals surface area contributed by atoms with Gasteiger partial charge in [-0.25, -0.2) is 0 Å². The molecule has 13 heavy (non-hydrogen) atoms. The minimum Gasteiger partial charge on any atom is -0.395 e. The highest BCUT2D eigenvalue weighted by Gasteiger charge is 2.16. The molecule has 0 aromatic rings. The minimum absolute atomic E-state index is 0.0112. The number of hydrogen-bond donors (Lipinski definition) is 2. The number of amides is 1. The van der Waals surface area contributed by atoms with Gasteiger partial charge < -0.3 is 15.7 Å². The topological polar surface area (TPSA) is 66.6 Å². The van der Waals surface area contributed by atoms with Crippen LogP contribution in [0.15, 0.2) is 0 Å². The SMILES string of the molecule is CCCCC(N)C(=O)N(C)CCO. The second kappa shape index (κ2) is 6.86. The molecule has 0 aliphatic rings. The predicted molar refractivity (Wildman–Crippen MR) is 52.2 cm³/mol. The number of aliphatic hydroxyl groups is 1. The highest BCUT2D eigenvalue weighted by molar-refractivity contribution is 5.81. The van der Waals surface area contributed by atoms with Crippen molar-refractivity contribution < 1.29 is 9.90 Å². The quantitative estimate of drug-likeness (QED) is 0.614. The largest absolute Gasteiger partial charge is 0.395 e. The number of nitrogens with two attached hydrogens (primary N) is 1. The number of nitrogens with zero attached hydrogens (tertiary/aromatic N) is 1. The molecule has 4 nitrogen and oxygen atoms in total. The number of carbonyl (C=O) groups excluding carboxylic acids is 1. The van der Waals surface area contributed by atoms with Crippen LogP contribution in [0.25, 0.3) is 0 Å². The Morgan fingerprint density at radius 3 is 2.69 bits per heavy atom. The molecule has 78 valence electrons. The van der Waals surface area contributed by atoms with Crippen LogP contribution in [0.4, 0.5) is 0 Å².